The third kappa shape index (κ3) is 7.79. The van der Waals surface area contributed by atoms with Crippen molar-refractivity contribution in [3.05, 3.63) is 338 Å². The second-order valence-corrected chi connectivity index (χ2v) is 20.8. The highest BCUT2D eigenvalue weighted by molar-refractivity contribution is 6.10. The zero-order valence-corrected chi connectivity index (χ0v) is 43.4. The number of fused-ring (bicyclic) bond motifs is 7. The van der Waals surface area contributed by atoms with Crippen molar-refractivity contribution >= 4 is 49.6 Å². The minimum atomic E-state index is -0.526. The lowest BCUT2D eigenvalue weighted by molar-refractivity contribution is 0.768. The van der Waals surface area contributed by atoms with E-state index in [0.29, 0.717) is 0 Å². The van der Waals surface area contributed by atoms with Crippen LogP contribution in [0.25, 0.3) is 93.9 Å². The Balaban J connectivity index is 0.818. The fourth-order valence-corrected chi connectivity index (χ4v) is 12.7. The van der Waals surface area contributed by atoms with E-state index in [-0.39, 0.29) is 0 Å². The fourth-order valence-electron chi connectivity index (χ4n) is 12.7. The van der Waals surface area contributed by atoms with Crippen LogP contribution in [0.5, 0.6) is 0 Å². The number of nitrogens with zero attached hydrogens (tertiary/aromatic N) is 2. The highest BCUT2D eigenvalue weighted by atomic mass is 15.1. The molecule has 0 spiro atoms. The Hall–Kier alpha value is -10.3. The van der Waals surface area contributed by atoms with Crippen molar-refractivity contribution < 1.29 is 0 Å². The van der Waals surface area contributed by atoms with E-state index in [4.69, 9.17) is 0 Å². The Kier molecular flexibility index (Phi) is 11.1. The highest BCUT2D eigenvalue weighted by Crippen LogP contribution is 2.57. The van der Waals surface area contributed by atoms with Gasteiger partial charge in [0.1, 0.15) is 0 Å². The molecule has 370 valence electrons. The first kappa shape index (κ1) is 46.1. The summed E-state index contributed by atoms with van der Waals surface area (Å²) in [6.07, 6.45) is 0. The summed E-state index contributed by atoms with van der Waals surface area (Å²) in [5.74, 6) is 0. The standard InChI is InChI=1S/C77H52N2/c1-4-17-53(18-5-1)55-33-44-67(45-34-55)79-75-30-15-13-28-71(75)72-51-62(39-48-76(72)79)60-22-16-21-59(49-60)56-35-40-65(41-36-56)78(66-42-37-57(38-43-66)61-32-31-54-19-10-11-20-58(54)50-61)68-46-47-70-69-27-12-14-29-73(69)77(74(70)52-68,63-23-6-2-7-24-63)64-25-8-3-9-26-64/h1-52H. The van der Waals surface area contributed by atoms with E-state index >= 15 is 0 Å². The van der Waals surface area contributed by atoms with Crippen LogP contribution < -0.4 is 4.90 Å². The van der Waals surface area contributed by atoms with Crippen LogP contribution >= 0.6 is 0 Å². The largest absolute Gasteiger partial charge is 0.310 e. The number of rotatable bonds is 10. The molecule has 0 saturated heterocycles. The van der Waals surface area contributed by atoms with Crippen LogP contribution in [0.3, 0.4) is 0 Å². The Morgan fingerprint density at radius 1 is 0.253 bits per heavy atom. The summed E-state index contributed by atoms with van der Waals surface area (Å²) >= 11 is 0. The van der Waals surface area contributed by atoms with Gasteiger partial charge in [-0.3, -0.25) is 0 Å². The summed E-state index contributed by atoms with van der Waals surface area (Å²) < 4.78 is 2.40. The number of hydrogen-bond acceptors (Lipinski definition) is 1. The van der Waals surface area contributed by atoms with Gasteiger partial charge < -0.3 is 9.47 Å². The van der Waals surface area contributed by atoms with Crippen molar-refractivity contribution in [2.45, 2.75) is 5.41 Å². The lowest BCUT2D eigenvalue weighted by atomic mass is 9.67. The minimum absolute atomic E-state index is 0.526. The molecule has 79 heavy (non-hydrogen) atoms. The average Bonchev–Trinajstić information content (AvgIpc) is 4.22. The van der Waals surface area contributed by atoms with Gasteiger partial charge in [-0.05, 0) is 168 Å². The lowest BCUT2D eigenvalue weighted by Crippen LogP contribution is -2.28. The highest BCUT2D eigenvalue weighted by Gasteiger charge is 2.46. The van der Waals surface area contributed by atoms with Crippen molar-refractivity contribution in [2.24, 2.45) is 0 Å². The summed E-state index contributed by atoms with van der Waals surface area (Å²) in [4.78, 5) is 2.43. The van der Waals surface area contributed by atoms with Crippen LogP contribution in [-0.2, 0) is 5.41 Å². The smallest absolute Gasteiger partial charge is 0.0714 e. The summed E-state index contributed by atoms with van der Waals surface area (Å²) in [6.45, 7) is 0. The Bertz CT molecular complexity index is 4520. The van der Waals surface area contributed by atoms with Gasteiger partial charge in [0.2, 0.25) is 0 Å². The molecule has 0 amide bonds. The summed E-state index contributed by atoms with van der Waals surface area (Å²) in [7, 11) is 0. The van der Waals surface area contributed by atoms with E-state index < -0.39 is 5.41 Å². The molecule has 1 heterocycles. The zero-order valence-electron chi connectivity index (χ0n) is 43.4. The van der Waals surface area contributed by atoms with Crippen molar-refractivity contribution in [2.75, 3.05) is 4.90 Å². The number of hydrogen-bond donors (Lipinski definition) is 0. The van der Waals surface area contributed by atoms with Gasteiger partial charge in [-0.15, -0.1) is 0 Å². The Morgan fingerprint density at radius 3 is 1.43 bits per heavy atom. The van der Waals surface area contributed by atoms with Crippen LogP contribution in [0, 0.1) is 0 Å². The second-order valence-electron chi connectivity index (χ2n) is 20.8. The summed E-state index contributed by atoms with van der Waals surface area (Å²) in [5.41, 5.74) is 23.4. The van der Waals surface area contributed by atoms with Gasteiger partial charge in [0.05, 0.1) is 16.4 Å². The molecule has 14 aromatic rings. The predicted molar refractivity (Wildman–Crippen MR) is 332 cm³/mol. The summed E-state index contributed by atoms with van der Waals surface area (Å²) in [5, 5.41) is 4.96. The maximum atomic E-state index is 2.46. The monoisotopic (exact) mass is 1000 g/mol. The maximum absolute atomic E-state index is 2.46. The Labute approximate surface area is 461 Å². The van der Waals surface area contributed by atoms with Gasteiger partial charge in [-0.1, -0.05) is 237 Å². The third-order valence-corrected chi connectivity index (χ3v) is 16.5. The zero-order chi connectivity index (χ0) is 52.3. The first-order valence-corrected chi connectivity index (χ1v) is 27.3. The molecule has 1 aromatic heterocycles. The molecule has 15 rings (SSSR count). The van der Waals surface area contributed by atoms with Crippen molar-refractivity contribution in [1.29, 1.82) is 0 Å². The van der Waals surface area contributed by atoms with Crippen LogP contribution in [0.2, 0.25) is 0 Å². The van der Waals surface area contributed by atoms with Gasteiger partial charge in [0.15, 0.2) is 0 Å². The van der Waals surface area contributed by atoms with Crippen molar-refractivity contribution in [3.63, 3.8) is 0 Å². The molecule has 1 aliphatic rings. The van der Waals surface area contributed by atoms with Crippen molar-refractivity contribution in [3.8, 4) is 61.3 Å². The maximum Gasteiger partial charge on any atom is 0.0714 e. The number of benzene rings is 13. The van der Waals surface area contributed by atoms with E-state index in [2.05, 4.69) is 325 Å². The molecule has 0 atom stereocenters. The molecule has 2 nitrogen and oxygen atoms in total. The second kappa shape index (κ2) is 19.1. The average molecular weight is 1010 g/mol. The third-order valence-electron chi connectivity index (χ3n) is 16.5. The quantitative estimate of drug-likeness (QED) is 0.133. The molecule has 2 heteroatoms. The molecule has 1 aliphatic carbocycles. The molecule has 0 N–H and O–H groups in total. The molecule has 0 saturated carbocycles. The molecular weight excluding hydrogens is 953 g/mol. The molecule has 13 aromatic carbocycles. The van der Waals surface area contributed by atoms with E-state index in [9.17, 15) is 0 Å². The van der Waals surface area contributed by atoms with E-state index in [1.165, 1.54) is 105 Å². The van der Waals surface area contributed by atoms with Gasteiger partial charge >= 0.3 is 0 Å². The number of anilines is 3. The number of aromatic nitrogens is 1. The van der Waals surface area contributed by atoms with E-state index in [1.807, 2.05) is 0 Å². The SMILES string of the molecule is c1ccc(-c2ccc(-n3c4ccccc4c4cc(-c5cccc(-c6ccc(N(c7ccc(-c8ccc9ccccc9c8)cc7)c7ccc8c(c7)C(c7ccccc7)(c7ccccc7)c7ccccc7-8)cc6)c5)ccc43)cc2)cc1. The first-order chi connectivity index (χ1) is 39.2. The first-order valence-electron chi connectivity index (χ1n) is 27.3. The van der Waals surface area contributed by atoms with Crippen LogP contribution in [-0.4, -0.2) is 4.57 Å². The van der Waals surface area contributed by atoms with Gasteiger partial charge in [-0.2, -0.15) is 0 Å². The molecule has 0 unspecified atom stereocenters. The van der Waals surface area contributed by atoms with Gasteiger partial charge in [-0.25, -0.2) is 0 Å². The Morgan fingerprint density at radius 2 is 0.722 bits per heavy atom. The topological polar surface area (TPSA) is 8.17 Å². The van der Waals surface area contributed by atoms with Crippen LogP contribution in [0.1, 0.15) is 22.3 Å². The van der Waals surface area contributed by atoms with E-state index in [1.54, 1.807) is 0 Å². The molecular formula is C77H52N2. The molecule has 0 bridgehead atoms. The van der Waals surface area contributed by atoms with Gasteiger partial charge in [0.25, 0.3) is 0 Å². The lowest BCUT2D eigenvalue weighted by Gasteiger charge is -2.35. The predicted octanol–water partition coefficient (Wildman–Crippen LogP) is 20.4. The molecule has 0 radical (unpaired) electrons. The van der Waals surface area contributed by atoms with Gasteiger partial charge in [0, 0.05) is 33.5 Å². The van der Waals surface area contributed by atoms with Crippen molar-refractivity contribution in [1.82, 2.24) is 4.57 Å². The molecule has 0 fully saturated rings. The minimum Gasteiger partial charge on any atom is -0.310 e. The number of para-hydroxylation sites is 1. The van der Waals surface area contributed by atoms with E-state index in [0.717, 1.165) is 28.3 Å². The van der Waals surface area contributed by atoms with Crippen LogP contribution in [0.4, 0.5) is 17.1 Å². The fraction of sp³-hybridized carbons (Fsp3) is 0.0130. The normalized spacial score (nSPS) is 12.4. The van der Waals surface area contributed by atoms with Crippen LogP contribution in [0.15, 0.2) is 315 Å². The molecule has 0 aliphatic heterocycles. The summed E-state index contributed by atoms with van der Waals surface area (Å²) in [6, 6.07) is 116.